The van der Waals surface area contributed by atoms with Crippen LogP contribution in [-0.4, -0.2) is 33.7 Å². The molecule has 5 aromatic rings. The third-order valence-corrected chi connectivity index (χ3v) is 4.89. The van der Waals surface area contributed by atoms with Gasteiger partial charge in [0.2, 0.25) is 5.95 Å². The minimum absolute atomic E-state index is 0.116. The van der Waals surface area contributed by atoms with Gasteiger partial charge in [-0.25, -0.2) is 9.97 Å². The van der Waals surface area contributed by atoms with Crippen molar-refractivity contribution >= 4 is 33.7 Å². The summed E-state index contributed by atoms with van der Waals surface area (Å²) in [6, 6.07) is 13.0. The van der Waals surface area contributed by atoms with E-state index in [4.69, 9.17) is 30.3 Å². The van der Waals surface area contributed by atoms with Crippen molar-refractivity contribution in [1.82, 2.24) is 19.5 Å². The van der Waals surface area contributed by atoms with E-state index in [1.54, 1.807) is 20.5 Å². The highest BCUT2D eigenvalue weighted by molar-refractivity contribution is 5.92. The van der Waals surface area contributed by atoms with E-state index in [-0.39, 0.29) is 5.95 Å². The smallest absolute Gasteiger partial charge is 0.222 e. The van der Waals surface area contributed by atoms with Crippen molar-refractivity contribution in [1.29, 1.82) is 0 Å². The van der Waals surface area contributed by atoms with Crippen LogP contribution in [0.3, 0.4) is 0 Å². The van der Waals surface area contributed by atoms with Crippen LogP contribution >= 0.6 is 0 Å². The Bertz CT molecular complexity index is 1390. The molecule has 0 saturated heterocycles. The van der Waals surface area contributed by atoms with Gasteiger partial charge in [-0.2, -0.15) is 4.98 Å². The molecule has 0 aliphatic heterocycles. The lowest BCUT2D eigenvalue weighted by Gasteiger charge is -2.11. The Balaban J connectivity index is 1.84. The summed E-state index contributed by atoms with van der Waals surface area (Å²) in [6.45, 7) is 0. The molecule has 0 fully saturated rings. The van der Waals surface area contributed by atoms with Gasteiger partial charge in [-0.1, -0.05) is 0 Å². The van der Waals surface area contributed by atoms with E-state index >= 15 is 0 Å². The van der Waals surface area contributed by atoms with E-state index in [1.807, 2.05) is 47.0 Å². The number of anilines is 2. The fourth-order valence-corrected chi connectivity index (χ4v) is 3.54. The topological polar surface area (TPSA) is 127 Å². The van der Waals surface area contributed by atoms with E-state index in [0.717, 1.165) is 22.1 Å². The first-order valence-electron chi connectivity index (χ1n) is 9.10. The van der Waals surface area contributed by atoms with Crippen molar-refractivity contribution in [2.45, 2.75) is 0 Å². The van der Waals surface area contributed by atoms with Crippen LogP contribution in [0.4, 0.5) is 11.8 Å². The molecule has 150 valence electrons. The van der Waals surface area contributed by atoms with Gasteiger partial charge in [-0.15, -0.1) is 0 Å². The minimum Gasteiger partial charge on any atom is -0.493 e. The van der Waals surface area contributed by atoms with Crippen LogP contribution in [0.5, 0.6) is 11.5 Å². The second-order valence-electron chi connectivity index (χ2n) is 6.61. The number of rotatable bonds is 4. The maximum Gasteiger partial charge on any atom is 0.222 e. The van der Waals surface area contributed by atoms with Crippen molar-refractivity contribution in [3.8, 4) is 28.8 Å². The molecular weight excluding hydrogens is 384 g/mol. The Kier molecular flexibility index (Phi) is 3.95. The van der Waals surface area contributed by atoms with Gasteiger partial charge >= 0.3 is 0 Å². The summed E-state index contributed by atoms with van der Waals surface area (Å²) in [5.74, 6) is 2.87. The Labute approximate surface area is 170 Å². The standard InChI is InChI=1S/C21H18N6O3/c1-28-17-9-14-15(10-18(17)29-2)27(20(24-14)16-4-3-7-30-16)11-5-6-12-13(8-11)25-21(23)26-19(12)22/h3-10H,1-2H3,(H4,22,23,25,26). The summed E-state index contributed by atoms with van der Waals surface area (Å²) >= 11 is 0. The molecule has 3 aromatic heterocycles. The van der Waals surface area contributed by atoms with Crippen LogP contribution < -0.4 is 20.9 Å². The molecule has 0 amide bonds. The number of benzene rings is 2. The first kappa shape index (κ1) is 17.8. The number of methoxy groups -OCH3 is 2. The largest absolute Gasteiger partial charge is 0.493 e. The molecule has 9 heteroatoms. The number of hydrogen-bond acceptors (Lipinski definition) is 8. The van der Waals surface area contributed by atoms with Crippen LogP contribution in [0.2, 0.25) is 0 Å². The lowest BCUT2D eigenvalue weighted by Crippen LogP contribution is -2.02. The average molecular weight is 402 g/mol. The molecule has 0 aliphatic carbocycles. The van der Waals surface area contributed by atoms with E-state index < -0.39 is 0 Å². The molecule has 4 N–H and O–H groups in total. The summed E-state index contributed by atoms with van der Waals surface area (Å²) in [5, 5.41) is 0.719. The normalized spacial score (nSPS) is 11.3. The number of imidazole rings is 1. The minimum atomic E-state index is 0.116. The van der Waals surface area contributed by atoms with Crippen LogP contribution in [0.25, 0.3) is 39.2 Å². The zero-order valence-electron chi connectivity index (χ0n) is 16.3. The first-order chi connectivity index (χ1) is 14.6. The van der Waals surface area contributed by atoms with Crippen molar-refractivity contribution in [3.63, 3.8) is 0 Å². The SMILES string of the molecule is COc1cc2nc(-c3ccco3)n(-c3ccc4c(N)nc(N)nc4c3)c2cc1OC. The molecule has 2 aromatic carbocycles. The predicted molar refractivity (Wildman–Crippen MR) is 114 cm³/mol. The van der Waals surface area contributed by atoms with Crippen LogP contribution in [0.1, 0.15) is 0 Å². The van der Waals surface area contributed by atoms with Gasteiger partial charge in [0, 0.05) is 17.5 Å². The highest BCUT2D eigenvalue weighted by Crippen LogP contribution is 2.37. The second kappa shape index (κ2) is 6.66. The van der Waals surface area contributed by atoms with Gasteiger partial charge in [-0.3, -0.25) is 4.57 Å². The van der Waals surface area contributed by atoms with Gasteiger partial charge in [-0.05, 0) is 30.3 Å². The Morgan fingerprint density at radius 1 is 0.900 bits per heavy atom. The quantitative estimate of drug-likeness (QED) is 0.468. The van der Waals surface area contributed by atoms with Crippen molar-refractivity contribution in [2.75, 3.05) is 25.7 Å². The Morgan fingerprint density at radius 3 is 2.43 bits per heavy atom. The van der Waals surface area contributed by atoms with Crippen LogP contribution in [0, 0.1) is 0 Å². The van der Waals surface area contributed by atoms with Gasteiger partial charge in [0.05, 0.1) is 42.7 Å². The highest BCUT2D eigenvalue weighted by Gasteiger charge is 2.20. The molecule has 0 radical (unpaired) electrons. The number of furan rings is 1. The van der Waals surface area contributed by atoms with E-state index in [1.165, 1.54) is 0 Å². The lowest BCUT2D eigenvalue weighted by atomic mass is 10.2. The summed E-state index contributed by atoms with van der Waals surface area (Å²) in [4.78, 5) is 13.1. The molecule has 30 heavy (non-hydrogen) atoms. The number of nitrogens with two attached hydrogens (primary N) is 2. The number of ether oxygens (including phenoxy) is 2. The molecule has 5 rings (SSSR count). The summed E-state index contributed by atoms with van der Waals surface area (Å²) in [5.41, 5.74) is 14.8. The second-order valence-corrected chi connectivity index (χ2v) is 6.61. The van der Waals surface area contributed by atoms with E-state index in [2.05, 4.69) is 9.97 Å². The maximum atomic E-state index is 6.00. The first-order valence-corrected chi connectivity index (χ1v) is 9.10. The maximum absolute atomic E-state index is 6.00. The van der Waals surface area contributed by atoms with Crippen LogP contribution in [0.15, 0.2) is 53.1 Å². The number of nitrogen functional groups attached to an aromatic ring is 2. The lowest BCUT2D eigenvalue weighted by molar-refractivity contribution is 0.355. The van der Waals surface area contributed by atoms with Crippen molar-refractivity contribution < 1.29 is 13.9 Å². The van der Waals surface area contributed by atoms with Gasteiger partial charge in [0.1, 0.15) is 5.82 Å². The van der Waals surface area contributed by atoms with E-state index in [0.29, 0.717) is 34.4 Å². The Hall–Kier alpha value is -4.27. The zero-order chi connectivity index (χ0) is 20.8. The van der Waals surface area contributed by atoms with E-state index in [9.17, 15) is 0 Å². The molecule has 0 aliphatic rings. The summed E-state index contributed by atoms with van der Waals surface area (Å²) in [7, 11) is 3.18. The van der Waals surface area contributed by atoms with Crippen molar-refractivity contribution in [3.05, 3.63) is 48.7 Å². The molecule has 0 saturated carbocycles. The fourth-order valence-electron chi connectivity index (χ4n) is 3.54. The molecule has 0 atom stereocenters. The third-order valence-electron chi connectivity index (χ3n) is 4.89. The monoisotopic (exact) mass is 402 g/mol. The number of hydrogen-bond donors (Lipinski definition) is 2. The van der Waals surface area contributed by atoms with Gasteiger partial charge in [0.15, 0.2) is 23.1 Å². The van der Waals surface area contributed by atoms with Gasteiger partial charge < -0.3 is 25.4 Å². The average Bonchev–Trinajstić information content (AvgIpc) is 3.39. The Morgan fingerprint density at radius 2 is 1.70 bits per heavy atom. The predicted octanol–water partition coefficient (Wildman–Crippen LogP) is 3.41. The summed E-state index contributed by atoms with van der Waals surface area (Å²) in [6.07, 6.45) is 1.61. The van der Waals surface area contributed by atoms with Crippen molar-refractivity contribution in [2.24, 2.45) is 0 Å². The molecule has 9 nitrogen and oxygen atoms in total. The molecule has 0 bridgehead atoms. The number of nitrogens with zero attached hydrogens (tertiary/aromatic N) is 4. The molecule has 0 unspecified atom stereocenters. The zero-order valence-corrected chi connectivity index (χ0v) is 16.3. The third kappa shape index (κ3) is 2.67. The number of aromatic nitrogens is 4. The molecule has 0 spiro atoms. The molecular formula is C21H18N6O3. The highest BCUT2D eigenvalue weighted by atomic mass is 16.5. The molecule has 3 heterocycles. The fraction of sp³-hybridized carbons (Fsp3) is 0.0952. The summed E-state index contributed by atoms with van der Waals surface area (Å²) < 4.78 is 18.5. The van der Waals surface area contributed by atoms with Gasteiger partial charge in [0.25, 0.3) is 0 Å². The van der Waals surface area contributed by atoms with Crippen LogP contribution in [-0.2, 0) is 0 Å². The number of fused-ring (bicyclic) bond motifs is 2.